The van der Waals surface area contributed by atoms with E-state index in [2.05, 4.69) is 15.9 Å². The lowest BCUT2D eigenvalue weighted by atomic mass is 9.93. The molecule has 0 heterocycles. The largest absolute Gasteiger partial charge is 0.492 e. The van der Waals surface area contributed by atoms with Crippen LogP contribution in [-0.2, 0) is 25.7 Å². The highest BCUT2D eigenvalue weighted by Crippen LogP contribution is 2.34. The van der Waals surface area contributed by atoms with E-state index in [1.807, 2.05) is 30.3 Å². The van der Waals surface area contributed by atoms with Crippen molar-refractivity contribution in [3.8, 4) is 5.75 Å². The zero-order valence-corrected chi connectivity index (χ0v) is 16.4. The van der Waals surface area contributed by atoms with E-state index in [-0.39, 0.29) is 21.6 Å². The van der Waals surface area contributed by atoms with E-state index in [9.17, 15) is 9.59 Å². The van der Waals surface area contributed by atoms with E-state index in [1.54, 1.807) is 24.3 Å². The molecule has 0 aliphatic heterocycles. The van der Waals surface area contributed by atoms with Gasteiger partial charge in [0.05, 0.1) is 19.8 Å². The molecule has 2 aromatic rings. The molecule has 3 rings (SSSR count). The average Bonchev–Trinajstić information content (AvgIpc) is 2.70. The Morgan fingerprint density at radius 3 is 2.04 bits per heavy atom. The molecular formula is C21H17BrO5. The van der Waals surface area contributed by atoms with Gasteiger partial charge in [0.25, 0.3) is 0 Å². The van der Waals surface area contributed by atoms with Crippen LogP contribution in [-0.4, -0.2) is 25.8 Å². The minimum Gasteiger partial charge on any atom is -0.492 e. The zero-order valence-electron chi connectivity index (χ0n) is 14.8. The van der Waals surface area contributed by atoms with Crippen LogP contribution in [0.4, 0.5) is 0 Å². The zero-order chi connectivity index (χ0) is 19.4. The SMILES string of the molecule is COC1=C(Br)C(=O)C(OC)=C(c2ccc(OCc3ccccc3)cc2)C1=O. The smallest absolute Gasteiger partial charge is 0.239 e. The molecule has 0 bridgehead atoms. The van der Waals surface area contributed by atoms with Crippen LogP contribution in [0.3, 0.4) is 0 Å². The number of Topliss-reactive ketones (excluding diaryl/α,β-unsaturated/α-hetero) is 2. The summed E-state index contributed by atoms with van der Waals surface area (Å²) in [5.41, 5.74) is 1.77. The summed E-state index contributed by atoms with van der Waals surface area (Å²) >= 11 is 3.11. The second-order valence-electron chi connectivity index (χ2n) is 5.71. The first-order valence-electron chi connectivity index (χ1n) is 8.15. The summed E-state index contributed by atoms with van der Waals surface area (Å²) in [6.45, 7) is 0.438. The van der Waals surface area contributed by atoms with E-state index in [0.29, 0.717) is 17.9 Å². The number of hydrogen-bond donors (Lipinski definition) is 0. The Morgan fingerprint density at radius 2 is 1.44 bits per heavy atom. The lowest BCUT2D eigenvalue weighted by molar-refractivity contribution is -0.118. The number of rotatable bonds is 6. The molecule has 0 N–H and O–H groups in total. The average molecular weight is 429 g/mol. The number of ether oxygens (including phenoxy) is 3. The van der Waals surface area contributed by atoms with Crippen LogP contribution >= 0.6 is 15.9 Å². The standard InChI is InChI=1S/C21H17BrO5/c1-25-20-16(18(23)21(26-2)17(22)19(20)24)14-8-10-15(11-9-14)27-12-13-6-4-3-5-7-13/h3-11H,12H2,1-2H3. The van der Waals surface area contributed by atoms with Crippen molar-refractivity contribution >= 4 is 33.1 Å². The van der Waals surface area contributed by atoms with Gasteiger partial charge in [-0.1, -0.05) is 42.5 Å². The van der Waals surface area contributed by atoms with Gasteiger partial charge in [-0.3, -0.25) is 9.59 Å². The van der Waals surface area contributed by atoms with Gasteiger partial charge in [-0.15, -0.1) is 0 Å². The Labute approximate surface area is 165 Å². The van der Waals surface area contributed by atoms with E-state index >= 15 is 0 Å². The van der Waals surface area contributed by atoms with E-state index in [4.69, 9.17) is 14.2 Å². The summed E-state index contributed by atoms with van der Waals surface area (Å²) in [5.74, 6) is -0.265. The normalized spacial score (nSPS) is 14.5. The minimum absolute atomic E-state index is 0.0226. The molecule has 1 aliphatic carbocycles. The van der Waals surface area contributed by atoms with Gasteiger partial charge in [-0.2, -0.15) is 0 Å². The predicted octanol–water partition coefficient (Wildman–Crippen LogP) is 4.03. The molecule has 138 valence electrons. The maximum Gasteiger partial charge on any atom is 0.239 e. The summed E-state index contributed by atoms with van der Waals surface area (Å²) in [4.78, 5) is 25.2. The minimum atomic E-state index is -0.437. The number of halogens is 1. The molecule has 0 unspecified atom stereocenters. The summed E-state index contributed by atoms with van der Waals surface area (Å²) in [6, 6.07) is 16.7. The van der Waals surface area contributed by atoms with Crippen LogP contribution in [0.25, 0.3) is 5.57 Å². The highest BCUT2D eigenvalue weighted by molar-refractivity contribution is 9.12. The molecule has 1 aliphatic rings. The van der Waals surface area contributed by atoms with Crippen LogP contribution in [0.5, 0.6) is 5.75 Å². The van der Waals surface area contributed by atoms with Crippen molar-refractivity contribution in [2.75, 3.05) is 14.2 Å². The van der Waals surface area contributed by atoms with Crippen LogP contribution in [0.1, 0.15) is 11.1 Å². The van der Waals surface area contributed by atoms with Gasteiger partial charge in [0.2, 0.25) is 11.6 Å². The fourth-order valence-electron chi connectivity index (χ4n) is 2.73. The second kappa shape index (κ2) is 8.22. The van der Waals surface area contributed by atoms with E-state index < -0.39 is 11.6 Å². The third kappa shape index (κ3) is 3.80. The Kier molecular flexibility index (Phi) is 5.76. The van der Waals surface area contributed by atoms with Crippen molar-refractivity contribution in [1.29, 1.82) is 0 Å². The number of methoxy groups -OCH3 is 2. The lowest BCUT2D eigenvalue weighted by Crippen LogP contribution is -2.23. The molecule has 0 atom stereocenters. The quantitative estimate of drug-likeness (QED) is 0.649. The molecule has 0 saturated carbocycles. The molecule has 2 aromatic carbocycles. The van der Waals surface area contributed by atoms with E-state index in [0.717, 1.165) is 5.56 Å². The number of allylic oxidation sites excluding steroid dienone is 2. The second-order valence-corrected chi connectivity index (χ2v) is 6.51. The van der Waals surface area contributed by atoms with Crippen LogP contribution in [0.2, 0.25) is 0 Å². The van der Waals surface area contributed by atoms with Gasteiger partial charge < -0.3 is 14.2 Å². The summed E-state index contributed by atoms with van der Waals surface area (Å²) < 4.78 is 16.1. The molecule has 27 heavy (non-hydrogen) atoms. The Balaban J connectivity index is 1.86. The van der Waals surface area contributed by atoms with Gasteiger partial charge in [0.15, 0.2) is 11.5 Å². The van der Waals surface area contributed by atoms with Crippen LogP contribution in [0.15, 0.2) is 70.6 Å². The van der Waals surface area contributed by atoms with Crippen LogP contribution in [0, 0.1) is 0 Å². The highest BCUT2D eigenvalue weighted by atomic mass is 79.9. The van der Waals surface area contributed by atoms with Gasteiger partial charge in [-0.05, 0) is 39.2 Å². The van der Waals surface area contributed by atoms with Crippen molar-refractivity contribution in [3.05, 3.63) is 81.7 Å². The Bertz CT molecular complexity index is 927. The van der Waals surface area contributed by atoms with Crippen LogP contribution < -0.4 is 4.74 Å². The Morgan fingerprint density at radius 1 is 0.815 bits per heavy atom. The topological polar surface area (TPSA) is 61.8 Å². The number of carbonyl (C=O) groups is 2. The first-order chi connectivity index (χ1) is 13.1. The van der Waals surface area contributed by atoms with Crippen molar-refractivity contribution in [1.82, 2.24) is 0 Å². The van der Waals surface area contributed by atoms with Gasteiger partial charge >= 0.3 is 0 Å². The summed E-state index contributed by atoms with van der Waals surface area (Å²) in [7, 11) is 2.70. The molecule has 0 amide bonds. The van der Waals surface area contributed by atoms with Crippen molar-refractivity contribution in [2.24, 2.45) is 0 Å². The van der Waals surface area contributed by atoms with Crippen molar-refractivity contribution in [3.63, 3.8) is 0 Å². The number of hydrogen-bond acceptors (Lipinski definition) is 5. The molecule has 5 nitrogen and oxygen atoms in total. The van der Waals surface area contributed by atoms with Gasteiger partial charge in [0, 0.05) is 0 Å². The molecule has 6 heteroatoms. The molecule has 0 saturated heterocycles. The predicted molar refractivity (Wildman–Crippen MR) is 104 cm³/mol. The fourth-order valence-corrected chi connectivity index (χ4v) is 3.25. The molecular weight excluding hydrogens is 412 g/mol. The van der Waals surface area contributed by atoms with Crippen molar-refractivity contribution < 1.29 is 23.8 Å². The Hall–Kier alpha value is -2.86. The fraction of sp³-hybridized carbons (Fsp3) is 0.143. The van der Waals surface area contributed by atoms with E-state index in [1.165, 1.54) is 14.2 Å². The monoisotopic (exact) mass is 428 g/mol. The first-order valence-corrected chi connectivity index (χ1v) is 8.94. The van der Waals surface area contributed by atoms with Crippen molar-refractivity contribution in [2.45, 2.75) is 6.61 Å². The summed E-state index contributed by atoms with van der Waals surface area (Å²) in [6.07, 6.45) is 0. The highest BCUT2D eigenvalue weighted by Gasteiger charge is 2.36. The third-order valence-corrected chi connectivity index (χ3v) is 4.79. The number of carbonyl (C=O) groups excluding carboxylic acids is 2. The third-order valence-electron chi connectivity index (χ3n) is 4.06. The molecule has 0 fully saturated rings. The first kappa shape index (κ1) is 18.9. The van der Waals surface area contributed by atoms with Gasteiger partial charge in [-0.25, -0.2) is 0 Å². The summed E-state index contributed by atoms with van der Waals surface area (Å²) in [5, 5.41) is 0. The maximum atomic E-state index is 12.7. The number of ketones is 2. The number of benzene rings is 2. The van der Waals surface area contributed by atoms with Gasteiger partial charge in [0.1, 0.15) is 16.8 Å². The molecule has 0 spiro atoms. The molecule has 0 radical (unpaired) electrons. The molecule has 0 aromatic heterocycles. The maximum absolute atomic E-state index is 12.7. The lowest BCUT2D eigenvalue weighted by Gasteiger charge is -2.19.